The van der Waals surface area contributed by atoms with Gasteiger partial charge in [0.15, 0.2) is 0 Å². The summed E-state index contributed by atoms with van der Waals surface area (Å²) in [7, 11) is 0. The van der Waals surface area contributed by atoms with E-state index in [0.717, 1.165) is 10.7 Å². The average molecular weight is 263 g/mol. The summed E-state index contributed by atoms with van der Waals surface area (Å²) in [6.45, 7) is 2.33. The van der Waals surface area contributed by atoms with Gasteiger partial charge in [-0.25, -0.2) is 9.97 Å². The molecular weight excluding hydrogens is 250 g/mol. The van der Waals surface area contributed by atoms with Gasteiger partial charge in [-0.3, -0.25) is 10.6 Å². The molecule has 4 N–H and O–H groups in total. The van der Waals surface area contributed by atoms with Gasteiger partial charge in [0.05, 0.1) is 18.4 Å². The number of carbonyl (C=O) groups is 1. The van der Waals surface area contributed by atoms with E-state index in [0.29, 0.717) is 17.9 Å². The predicted octanol–water partition coefficient (Wildman–Crippen LogP) is 1.06. The maximum atomic E-state index is 11.8. The monoisotopic (exact) mass is 263 g/mol. The molecule has 0 aliphatic rings. The van der Waals surface area contributed by atoms with Gasteiger partial charge in [-0.15, -0.1) is 11.3 Å². The van der Waals surface area contributed by atoms with Crippen LogP contribution in [0.2, 0.25) is 0 Å². The summed E-state index contributed by atoms with van der Waals surface area (Å²) in [5, 5.41) is 5.58. The molecule has 94 valence electrons. The summed E-state index contributed by atoms with van der Waals surface area (Å²) >= 11 is 1.52. The van der Waals surface area contributed by atoms with Crippen LogP contribution in [0.4, 0.5) is 5.69 Å². The van der Waals surface area contributed by atoms with Crippen molar-refractivity contribution in [3.05, 3.63) is 40.1 Å². The van der Waals surface area contributed by atoms with Gasteiger partial charge in [-0.05, 0) is 19.1 Å². The number of amides is 1. The van der Waals surface area contributed by atoms with E-state index in [1.807, 2.05) is 12.3 Å². The van der Waals surface area contributed by atoms with Gasteiger partial charge < -0.3 is 10.7 Å². The number of hydrogen-bond acceptors (Lipinski definition) is 6. The maximum Gasteiger partial charge on any atom is 0.270 e. The van der Waals surface area contributed by atoms with E-state index in [9.17, 15) is 4.79 Å². The summed E-state index contributed by atoms with van der Waals surface area (Å²) in [5.74, 6) is 4.99. The van der Waals surface area contributed by atoms with Crippen LogP contribution in [0.25, 0.3) is 0 Å². The smallest absolute Gasteiger partial charge is 0.270 e. The number of thiazole rings is 1. The molecule has 0 aromatic carbocycles. The fraction of sp³-hybridized carbons (Fsp3) is 0.182. The number of nitrogens with zero attached hydrogens (tertiary/aromatic N) is 2. The zero-order chi connectivity index (χ0) is 13.0. The minimum Gasteiger partial charge on any atom is -0.344 e. The number of hydrazine groups is 1. The lowest BCUT2D eigenvalue weighted by atomic mass is 10.3. The number of aromatic nitrogens is 2. The highest BCUT2D eigenvalue weighted by molar-refractivity contribution is 7.09. The molecule has 6 nitrogen and oxygen atoms in total. The summed E-state index contributed by atoms with van der Waals surface area (Å²) in [6, 6.07) is 3.30. The van der Waals surface area contributed by atoms with E-state index in [1.54, 1.807) is 12.1 Å². The molecular formula is C11H13N5OS. The van der Waals surface area contributed by atoms with Crippen molar-refractivity contribution in [2.45, 2.75) is 13.5 Å². The molecule has 0 fully saturated rings. The van der Waals surface area contributed by atoms with Crippen molar-refractivity contribution in [3.63, 3.8) is 0 Å². The van der Waals surface area contributed by atoms with Crippen LogP contribution in [0.5, 0.6) is 0 Å². The lowest BCUT2D eigenvalue weighted by molar-refractivity contribution is 0.0946. The highest BCUT2D eigenvalue weighted by Gasteiger charge is 2.07. The molecule has 1 amide bonds. The Morgan fingerprint density at radius 1 is 1.50 bits per heavy atom. The molecule has 0 radical (unpaired) electrons. The Hall–Kier alpha value is -1.99. The third-order valence-electron chi connectivity index (χ3n) is 2.23. The third kappa shape index (κ3) is 3.02. The number of anilines is 1. The van der Waals surface area contributed by atoms with Crippen molar-refractivity contribution in [2.75, 3.05) is 5.43 Å². The largest absolute Gasteiger partial charge is 0.344 e. The van der Waals surface area contributed by atoms with Crippen molar-refractivity contribution >= 4 is 22.9 Å². The molecule has 0 saturated carbocycles. The predicted molar refractivity (Wildman–Crippen MR) is 70.1 cm³/mol. The van der Waals surface area contributed by atoms with Crippen molar-refractivity contribution in [1.82, 2.24) is 15.3 Å². The Kier molecular flexibility index (Phi) is 3.85. The number of hydrogen-bond donors (Lipinski definition) is 3. The van der Waals surface area contributed by atoms with Crippen molar-refractivity contribution in [2.24, 2.45) is 5.84 Å². The minimum absolute atomic E-state index is 0.230. The van der Waals surface area contributed by atoms with Crippen LogP contribution in [0.1, 0.15) is 21.2 Å². The second kappa shape index (κ2) is 5.56. The standard InChI is InChI=1S/C11H13N5OS/c1-7-6-18-10(15-7)5-14-11(17)9-3-2-8(16-12)4-13-9/h2-4,6,16H,5,12H2,1H3,(H,14,17). The average Bonchev–Trinajstić information content (AvgIpc) is 2.82. The first-order valence-corrected chi connectivity index (χ1v) is 6.19. The molecule has 0 atom stereocenters. The number of aryl methyl sites for hydroxylation is 1. The third-order valence-corrected chi connectivity index (χ3v) is 3.20. The van der Waals surface area contributed by atoms with Crippen LogP contribution >= 0.6 is 11.3 Å². The van der Waals surface area contributed by atoms with E-state index in [2.05, 4.69) is 20.7 Å². The molecule has 18 heavy (non-hydrogen) atoms. The lowest BCUT2D eigenvalue weighted by Crippen LogP contribution is -2.23. The van der Waals surface area contributed by atoms with Gasteiger partial charge >= 0.3 is 0 Å². The van der Waals surface area contributed by atoms with Crippen molar-refractivity contribution in [3.8, 4) is 0 Å². The van der Waals surface area contributed by atoms with E-state index >= 15 is 0 Å². The molecule has 2 aromatic rings. The van der Waals surface area contributed by atoms with E-state index < -0.39 is 0 Å². The normalized spacial score (nSPS) is 10.1. The SMILES string of the molecule is Cc1csc(CNC(=O)c2ccc(NN)cn2)n1. The van der Waals surface area contributed by atoms with Crippen LogP contribution < -0.4 is 16.6 Å². The maximum absolute atomic E-state index is 11.8. The lowest BCUT2D eigenvalue weighted by Gasteiger charge is -2.03. The van der Waals surface area contributed by atoms with Crippen LogP contribution in [0.3, 0.4) is 0 Å². The van der Waals surface area contributed by atoms with Crippen LogP contribution in [-0.4, -0.2) is 15.9 Å². The summed E-state index contributed by atoms with van der Waals surface area (Å²) in [4.78, 5) is 20.0. The van der Waals surface area contributed by atoms with Gasteiger partial charge in [0.2, 0.25) is 0 Å². The van der Waals surface area contributed by atoms with Crippen LogP contribution in [0, 0.1) is 6.92 Å². The number of nitrogens with two attached hydrogens (primary N) is 1. The highest BCUT2D eigenvalue weighted by atomic mass is 32.1. The molecule has 0 spiro atoms. The Bertz CT molecular complexity index is 537. The fourth-order valence-electron chi connectivity index (χ4n) is 1.34. The molecule has 2 rings (SSSR count). The number of carbonyl (C=O) groups excluding carboxylic acids is 1. The molecule has 2 aromatic heterocycles. The first-order valence-electron chi connectivity index (χ1n) is 5.31. The molecule has 0 aliphatic carbocycles. The summed E-state index contributed by atoms with van der Waals surface area (Å²) < 4.78 is 0. The number of pyridine rings is 1. The quantitative estimate of drug-likeness (QED) is 0.566. The zero-order valence-corrected chi connectivity index (χ0v) is 10.6. The van der Waals surface area contributed by atoms with Gasteiger partial charge in [0.25, 0.3) is 5.91 Å². The fourth-order valence-corrected chi connectivity index (χ4v) is 2.06. The molecule has 0 bridgehead atoms. The van der Waals surface area contributed by atoms with Crippen molar-refractivity contribution < 1.29 is 4.79 Å². The molecule has 2 heterocycles. The Morgan fingerprint density at radius 2 is 2.33 bits per heavy atom. The molecule has 0 aliphatic heterocycles. The number of nitrogens with one attached hydrogen (secondary N) is 2. The van der Waals surface area contributed by atoms with E-state index in [1.165, 1.54) is 17.5 Å². The zero-order valence-electron chi connectivity index (χ0n) is 9.80. The highest BCUT2D eigenvalue weighted by Crippen LogP contribution is 2.08. The summed E-state index contributed by atoms with van der Waals surface area (Å²) in [5.41, 5.74) is 4.41. The van der Waals surface area contributed by atoms with Gasteiger partial charge in [0, 0.05) is 11.1 Å². The number of rotatable bonds is 4. The molecule has 0 unspecified atom stereocenters. The van der Waals surface area contributed by atoms with E-state index in [-0.39, 0.29) is 5.91 Å². The van der Waals surface area contributed by atoms with Crippen LogP contribution in [-0.2, 0) is 6.54 Å². The summed E-state index contributed by atoms with van der Waals surface area (Å²) in [6.07, 6.45) is 1.50. The second-order valence-corrected chi connectivity index (χ2v) is 4.58. The van der Waals surface area contributed by atoms with Gasteiger partial charge in [-0.2, -0.15) is 0 Å². The second-order valence-electron chi connectivity index (χ2n) is 3.64. The Balaban J connectivity index is 1.94. The Labute approximate surface area is 108 Å². The van der Waals surface area contributed by atoms with Crippen molar-refractivity contribution in [1.29, 1.82) is 0 Å². The minimum atomic E-state index is -0.230. The topological polar surface area (TPSA) is 92.9 Å². The first-order chi connectivity index (χ1) is 8.69. The number of nitrogen functional groups attached to an aromatic ring is 1. The van der Waals surface area contributed by atoms with Crippen LogP contribution in [0.15, 0.2) is 23.7 Å². The van der Waals surface area contributed by atoms with Gasteiger partial charge in [-0.1, -0.05) is 0 Å². The van der Waals surface area contributed by atoms with E-state index in [4.69, 9.17) is 5.84 Å². The molecule has 7 heteroatoms. The molecule has 0 saturated heterocycles. The Morgan fingerprint density at radius 3 is 2.89 bits per heavy atom. The first kappa shape index (κ1) is 12.5. The van der Waals surface area contributed by atoms with Gasteiger partial charge in [0.1, 0.15) is 10.7 Å².